The summed E-state index contributed by atoms with van der Waals surface area (Å²) in [6.07, 6.45) is 20.7. The minimum absolute atomic E-state index is 0. The van der Waals surface area contributed by atoms with Gasteiger partial charge in [0, 0.05) is 41.7 Å². The number of carboxylic acid groups (broad SMARTS) is 1. The third-order valence-corrected chi connectivity index (χ3v) is 11.8. The first-order chi connectivity index (χ1) is 26.0. The number of esters is 1. The van der Waals surface area contributed by atoms with Crippen LogP contribution in [0, 0.1) is 18.8 Å². The van der Waals surface area contributed by atoms with Crippen LogP contribution < -0.4 is 20.7 Å². The first-order valence-corrected chi connectivity index (χ1v) is 20.3. The summed E-state index contributed by atoms with van der Waals surface area (Å²) in [6, 6.07) is 0. The first kappa shape index (κ1) is 42.1. The number of fused-ring (bicyclic) bond motifs is 5. The van der Waals surface area contributed by atoms with Crippen LogP contribution >= 0.6 is 0 Å². The monoisotopic (exact) mass is 790 g/mol. The van der Waals surface area contributed by atoms with E-state index in [2.05, 4.69) is 20.8 Å². The van der Waals surface area contributed by atoms with E-state index in [1.165, 1.54) is 51.4 Å². The summed E-state index contributed by atoms with van der Waals surface area (Å²) in [5.41, 5.74) is 9.31. The minimum Gasteiger partial charge on any atom is -0.875 e. The number of aliphatic imine (C=N–C) groups is 3. The Labute approximate surface area is 336 Å². The van der Waals surface area contributed by atoms with Crippen LogP contribution in [0.4, 0.5) is 0 Å². The van der Waals surface area contributed by atoms with E-state index in [0.29, 0.717) is 46.3 Å². The van der Waals surface area contributed by atoms with Crippen LogP contribution in [0.25, 0.3) is 17.4 Å². The molecule has 1 aliphatic carbocycles. The molecule has 0 aromatic carbocycles. The molecular weight excluding hydrogens is 735 g/mol. The molecule has 2 atom stereocenters. The second kappa shape index (κ2) is 18.7. The van der Waals surface area contributed by atoms with E-state index in [0.717, 1.165) is 76.4 Å². The van der Waals surface area contributed by atoms with Gasteiger partial charge in [0.15, 0.2) is 5.76 Å². The Bertz CT molecular complexity index is 2090. The number of hydrogen-bond donors (Lipinski definition) is 1. The van der Waals surface area contributed by atoms with Crippen LogP contribution in [-0.2, 0) is 30.8 Å². The number of aliphatic carboxylic acids is 1. The second-order valence-electron chi connectivity index (χ2n) is 15.5. The quantitative estimate of drug-likeness (QED) is 0.0971. The average Bonchev–Trinajstić information content (AvgIpc) is 3.89. The zero-order valence-corrected chi connectivity index (χ0v) is 34.4. The van der Waals surface area contributed by atoms with Crippen molar-refractivity contribution in [1.29, 1.82) is 0 Å². The van der Waals surface area contributed by atoms with Crippen LogP contribution in [0.5, 0.6) is 0 Å². The molecule has 4 aliphatic heterocycles. The van der Waals surface area contributed by atoms with Gasteiger partial charge in [0.25, 0.3) is 0 Å². The van der Waals surface area contributed by atoms with Gasteiger partial charge in [-0.2, -0.15) is 0 Å². The van der Waals surface area contributed by atoms with Gasteiger partial charge >= 0.3 is 28.4 Å². The van der Waals surface area contributed by atoms with E-state index in [4.69, 9.17) is 24.7 Å². The Kier molecular flexibility index (Phi) is 14.3. The van der Waals surface area contributed by atoms with Gasteiger partial charge in [-0.05, 0) is 80.5 Å². The summed E-state index contributed by atoms with van der Waals surface area (Å²) < 4.78 is 6.14. The molecule has 0 fully saturated rings. The van der Waals surface area contributed by atoms with E-state index in [9.17, 15) is 19.8 Å². The molecule has 5 aliphatic rings. The van der Waals surface area contributed by atoms with Crippen molar-refractivity contribution in [3.05, 3.63) is 73.5 Å². The van der Waals surface area contributed by atoms with Crippen molar-refractivity contribution >= 4 is 46.5 Å². The van der Waals surface area contributed by atoms with Crippen molar-refractivity contribution in [2.45, 2.75) is 144 Å². The molecule has 8 bridgehead atoms. The van der Waals surface area contributed by atoms with Crippen LogP contribution in [0.2, 0.25) is 0 Å². The Morgan fingerprint density at radius 1 is 0.855 bits per heavy atom. The third-order valence-electron chi connectivity index (χ3n) is 11.8. The van der Waals surface area contributed by atoms with Crippen LogP contribution in [0.1, 0.15) is 149 Å². The fourth-order valence-electron chi connectivity index (χ4n) is 8.47. The zero-order valence-electron chi connectivity index (χ0n) is 33.4. The Hall–Kier alpha value is -4.04. The summed E-state index contributed by atoms with van der Waals surface area (Å²) in [4.78, 5) is 45.3. The number of ether oxygens (including phenoxy) is 1. The minimum atomic E-state index is -0.874. The first-order valence-electron chi connectivity index (χ1n) is 20.3. The molecule has 1 aromatic rings. The number of carboxylic acids is 1. The largest absolute Gasteiger partial charge is 2.00 e. The number of allylic oxidation sites excluding steroid dienone is 6. The second-order valence-corrected chi connectivity index (χ2v) is 15.5. The number of hydrogen-bond acceptors (Lipinski definition) is 7. The maximum absolute atomic E-state index is 13.5. The average molecular weight is 792 g/mol. The van der Waals surface area contributed by atoms with E-state index in [1.54, 1.807) is 0 Å². The SMILES string of the molecule is CCCCCCCCCCCCCC(=O)OC1=C(C)C2=NC1=CC1=NC(=Cc3[n-]c4c(c3C)=C([O-])CC=4C3=NC(=C2)[C@@H](C)[C@@H]3CCC(=O)O)C(CC)=C1C.[Ni+2]. The van der Waals surface area contributed by atoms with Gasteiger partial charge in [-0.1, -0.05) is 96.6 Å². The third kappa shape index (κ3) is 9.17. The number of carbonyl (C=O) groups excluding carboxylic acids is 1. The molecule has 0 saturated carbocycles. The predicted molar refractivity (Wildman–Crippen MR) is 214 cm³/mol. The van der Waals surface area contributed by atoms with Crippen molar-refractivity contribution in [3.8, 4) is 0 Å². The van der Waals surface area contributed by atoms with Crippen molar-refractivity contribution in [2.24, 2.45) is 26.8 Å². The molecule has 10 heteroatoms. The van der Waals surface area contributed by atoms with Gasteiger partial charge in [-0.15, -0.1) is 16.8 Å². The van der Waals surface area contributed by atoms with Crippen molar-refractivity contribution in [2.75, 3.05) is 0 Å². The van der Waals surface area contributed by atoms with Crippen LogP contribution in [0.3, 0.4) is 0 Å². The summed E-state index contributed by atoms with van der Waals surface area (Å²) in [5, 5.41) is 24.4. The zero-order chi connectivity index (χ0) is 38.5. The molecule has 0 amide bonds. The summed E-state index contributed by atoms with van der Waals surface area (Å²) >= 11 is 0. The van der Waals surface area contributed by atoms with E-state index < -0.39 is 5.97 Å². The van der Waals surface area contributed by atoms with E-state index in [-0.39, 0.29) is 52.9 Å². The topological polar surface area (TPSA) is 138 Å². The fraction of sp³-hybridized carbons (Fsp3) is 0.533. The predicted octanol–water partition coefficient (Wildman–Crippen LogP) is 7.82. The molecule has 55 heavy (non-hydrogen) atoms. The van der Waals surface area contributed by atoms with Gasteiger partial charge in [0.1, 0.15) is 5.70 Å². The molecule has 5 heterocycles. The van der Waals surface area contributed by atoms with E-state index >= 15 is 0 Å². The van der Waals surface area contributed by atoms with Crippen molar-refractivity contribution in [1.82, 2.24) is 4.98 Å². The summed E-state index contributed by atoms with van der Waals surface area (Å²) in [7, 11) is 0. The maximum Gasteiger partial charge on any atom is 2.00 e. The molecule has 0 unspecified atom stereocenters. The fourth-order valence-corrected chi connectivity index (χ4v) is 8.47. The van der Waals surface area contributed by atoms with Gasteiger partial charge in [0.2, 0.25) is 0 Å². The van der Waals surface area contributed by atoms with Gasteiger partial charge in [-0.25, -0.2) is 9.98 Å². The maximum atomic E-state index is 13.5. The number of aromatic nitrogens is 1. The Morgan fingerprint density at radius 3 is 2.15 bits per heavy atom. The van der Waals surface area contributed by atoms with Crippen LogP contribution in [0.15, 0.2) is 66.7 Å². The van der Waals surface area contributed by atoms with Crippen LogP contribution in [-0.4, -0.2) is 34.2 Å². The normalized spacial score (nSPS) is 20.0. The number of rotatable bonds is 17. The van der Waals surface area contributed by atoms with Gasteiger partial charge < -0.3 is 19.9 Å². The van der Waals surface area contributed by atoms with Crippen molar-refractivity contribution in [3.63, 3.8) is 0 Å². The Morgan fingerprint density at radius 2 is 1.49 bits per heavy atom. The molecule has 0 spiro atoms. The van der Waals surface area contributed by atoms with Gasteiger partial charge in [-0.3, -0.25) is 14.6 Å². The smallest absolute Gasteiger partial charge is 0.875 e. The molecule has 1 aromatic heterocycles. The Balaban J connectivity index is 0.00000580. The van der Waals surface area contributed by atoms with Crippen molar-refractivity contribution < 1.29 is 41.0 Å². The molecule has 296 valence electrons. The van der Waals surface area contributed by atoms with Gasteiger partial charge in [0.05, 0.1) is 17.1 Å². The number of carbonyl (C=O) groups is 2. The molecule has 0 saturated heterocycles. The number of nitrogens with zero attached hydrogens (tertiary/aromatic N) is 4. The summed E-state index contributed by atoms with van der Waals surface area (Å²) in [6.45, 7) is 12.3. The molecule has 6 rings (SSSR count). The molecule has 0 radical (unpaired) electrons. The molecule has 1 N–H and O–H groups in total. The number of unbranched alkanes of at least 4 members (excludes halogenated alkanes) is 10. The van der Waals surface area contributed by atoms with E-state index in [1.807, 2.05) is 39.0 Å². The standard InChI is InChI=1S/C45H58N4O5.Ni/c1-7-9-10-11-12-13-14-15-16-17-18-19-41(53)54-45-29(6)36-23-34-27(4)31(20-21-40(51)52)43(48-34)32-22-39(50)42-28(5)35(49-44(32)42)24-37-30(8-2)26(3)33(46-37)25-38(45)47-36;/h23-25,27,31H,7-22H2,1-6H3,(H3,46,47,48,49,50,51,52);/q;+2/p-2/t27-,31-;/m0./s1. The molecule has 9 nitrogen and oxygen atoms in total. The summed E-state index contributed by atoms with van der Waals surface area (Å²) in [5.74, 6) is -1.05. The molecular formula is C45H56N4NiO5.